The van der Waals surface area contributed by atoms with E-state index in [4.69, 9.17) is 19.0 Å². The van der Waals surface area contributed by atoms with Crippen molar-refractivity contribution in [2.75, 3.05) is 27.9 Å². The highest BCUT2D eigenvalue weighted by atomic mass is 28.3. The number of hydrogen-bond donors (Lipinski definition) is 1. The Labute approximate surface area is 89.7 Å². The van der Waals surface area contributed by atoms with Crippen molar-refractivity contribution in [3.05, 3.63) is 0 Å². The van der Waals surface area contributed by atoms with Crippen LogP contribution in [0.25, 0.3) is 0 Å². The maximum atomic E-state index is 5.30. The Kier molecular flexibility index (Phi) is 15.4. The summed E-state index contributed by atoms with van der Waals surface area (Å²) in [4.78, 5) is 0. The van der Waals surface area contributed by atoms with Crippen molar-refractivity contribution in [3.63, 3.8) is 0 Å². The third kappa shape index (κ3) is 12.1. The van der Waals surface area contributed by atoms with Crippen LogP contribution in [0.15, 0.2) is 0 Å². The molecule has 0 aromatic carbocycles. The molecule has 0 radical (unpaired) electrons. The van der Waals surface area contributed by atoms with Gasteiger partial charge in [-0.05, 0) is 18.9 Å². The van der Waals surface area contributed by atoms with Crippen molar-refractivity contribution in [2.45, 2.75) is 26.7 Å². The molecular formula is C9H25NO3Si. The van der Waals surface area contributed by atoms with E-state index >= 15 is 0 Å². The molecule has 0 fully saturated rings. The molecule has 0 heterocycles. The minimum absolute atomic E-state index is 0.824. The second-order valence-electron chi connectivity index (χ2n) is 3.09. The number of rotatable bonds is 6. The molecule has 0 aliphatic heterocycles. The Hall–Kier alpha value is 0.0569. The van der Waals surface area contributed by atoms with Crippen molar-refractivity contribution in [3.8, 4) is 0 Å². The summed E-state index contributed by atoms with van der Waals surface area (Å²) in [5, 5.41) is 0. The third-order valence-corrected chi connectivity index (χ3v) is 3.09. The zero-order chi connectivity index (χ0) is 11.4. The Morgan fingerprint density at radius 3 is 1.64 bits per heavy atom. The van der Waals surface area contributed by atoms with E-state index in [-0.39, 0.29) is 0 Å². The van der Waals surface area contributed by atoms with E-state index in [1.165, 1.54) is 12.8 Å². The van der Waals surface area contributed by atoms with Gasteiger partial charge in [0.15, 0.2) is 0 Å². The zero-order valence-corrected chi connectivity index (χ0v) is 11.2. The van der Waals surface area contributed by atoms with Gasteiger partial charge in [-0.2, -0.15) is 0 Å². The first-order valence-corrected chi connectivity index (χ1v) is 6.36. The molecule has 0 aliphatic rings. The van der Waals surface area contributed by atoms with Crippen LogP contribution in [0, 0.1) is 5.92 Å². The Morgan fingerprint density at radius 2 is 1.57 bits per heavy atom. The van der Waals surface area contributed by atoms with Crippen LogP contribution in [0.2, 0.25) is 0 Å². The van der Waals surface area contributed by atoms with Crippen molar-refractivity contribution in [1.82, 2.24) is 0 Å². The maximum absolute atomic E-state index is 5.30. The van der Waals surface area contributed by atoms with Gasteiger partial charge in [-0.25, -0.2) is 0 Å². The fourth-order valence-electron chi connectivity index (χ4n) is 0.777. The van der Waals surface area contributed by atoms with Crippen LogP contribution in [0.3, 0.4) is 0 Å². The van der Waals surface area contributed by atoms with Gasteiger partial charge in [-0.15, -0.1) is 0 Å². The largest absolute Gasteiger partial charge is 0.483 e. The summed E-state index contributed by atoms with van der Waals surface area (Å²) in [6.07, 6.45) is 2.44. The Bertz CT molecular complexity index is 96.5. The molecule has 2 N–H and O–H groups in total. The average Bonchev–Trinajstić information content (AvgIpc) is 2.22. The van der Waals surface area contributed by atoms with Crippen LogP contribution >= 0.6 is 0 Å². The summed E-state index contributed by atoms with van der Waals surface area (Å²) < 4.78 is 14.2. The zero-order valence-electron chi connectivity index (χ0n) is 10.1. The van der Waals surface area contributed by atoms with Gasteiger partial charge in [0.1, 0.15) is 0 Å². The molecule has 1 unspecified atom stereocenters. The summed E-state index contributed by atoms with van der Waals surface area (Å²) in [5.41, 5.74) is 5.30. The second-order valence-corrected chi connectivity index (χ2v) is 5.08. The topological polar surface area (TPSA) is 53.7 Å². The first kappa shape index (κ1) is 16.5. The van der Waals surface area contributed by atoms with Gasteiger partial charge >= 0.3 is 9.53 Å². The Balaban J connectivity index is 0. The molecular weight excluding hydrogens is 198 g/mol. The fourth-order valence-corrected chi connectivity index (χ4v) is 1.35. The molecule has 0 rings (SSSR count). The van der Waals surface area contributed by atoms with E-state index in [1.807, 2.05) is 0 Å². The molecule has 0 bridgehead atoms. The average molecular weight is 223 g/mol. The molecule has 5 heteroatoms. The minimum atomic E-state index is -1.67. The highest BCUT2D eigenvalue weighted by Crippen LogP contribution is 2.02. The maximum Gasteiger partial charge on any atom is 0.483 e. The van der Waals surface area contributed by atoms with Gasteiger partial charge in [0.05, 0.1) is 0 Å². The lowest BCUT2D eigenvalue weighted by Gasteiger charge is -2.05. The summed E-state index contributed by atoms with van der Waals surface area (Å²) in [6, 6.07) is 0. The predicted molar refractivity (Wildman–Crippen MR) is 61.3 cm³/mol. The minimum Gasteiger partial charge on any atom is -0.379 e. The first-order chi connectivity index (χ1) is 6.65. The monoisotopic (exact) mass is 223 g/mol. The number of hydrogen-bond acceptors (Lipinski definition) is 4. The molecule has 0 saturated carbocycles. The van der Waals surface area contributed by atoms with E-state index in [0.29, 0.717) is 0 Å². The lowest BCUT2D eigenvalue weighted by atomic mass is 10.1. The molecule has 0 aromatic heterocycles. The van der Waals surface area contributed by atoms with E-state index in [1.54, 1.807) is 21.3 Å². The van der Waals surface area contributed by atoms with Gasteiger partial charge in [0.2, 0.25) is 0 Å². The highest BCUT2D eigenvalue weighted by molar-refractivity contribution is 6.36. The summed E-state index contributed by atoms with van der Waals surface area (Å²) in [5.74, 6) is 0.824. The second kappa shape index (κ2) is 13.1. The van der Waals surface area contributed by atoms with Crippen molar-refractivity contribution in [1.29, 1.82) is 0 Å². The summed E-state index contributed by atoms with van der Waals surface area (Å²) in [7, 11) is 3.05. The normalized spacial score (nSPS) is 12.2. The molecule has 0 saturated heterocycles. The molecule has 0 aliphatic carbocycles. The van der Waals surface area contributed by atoms with Gasteiger partial charge in [0.25, 0.3) is 0 Å². The van der Waals surface area contributed by atoms with Crippen LogP contribution in [0.1, 0.15) is 26.7 Å². The summed E-state index contributed by atoms with van der Waals surface area (Å²) >= 11 is 0. The van der Waals surface area contributed by atoms with Crippen LogP contribution in [0.5, 0.6) is 0 Å². The molecule has 88 valence electrons. The van der Waals surface area contributed by atoms with Crippen molar-refractivity contribution >= 4 is 9.53 Å². The van der Waals surface area contributed by atoms with Gasteiger partial charge in [-0.3, -0.25) is 0 Å². The lowest BCUT2D eigenvalue weighted by Crippen LogP contribution is -2.21. The van der Waals surface area contributed by atoms with Gasteiger partial charge < -0.3 is 19.0 Å². The molecule has 4 nitrogen and oxygen atoms in total. The molecule has 0 spiro atoms. The van der Waals surface area contributed by atoms with Crippen LogP contribution < -0.4 is 5.73 Å². The molecule has 0 aromatic rings. The van der Waals surface area contributed by atoms with E-state index in [0.717, 1.165) is 12.5 Å². The lowest BCUT2D eigenvalue weighted by molar-refractivity contribution is 0.163. The van der Waals surface area contributed by atoms with Gasteiger partial charge in [0, 0.05) is 21.3 Å². The van der Waals surface area contributed by atoms with Crippen LogP contribution in [-0.2, 0) is 13.3 Å². The number of nitrogens with two attached hydrogens (primary N) is 1. The third-order valence-electron chi connectivity index (χ3n) is 1.93. The molecule has 1 atom stereocenters. The molecule has 0 amide bonds. The summed E-state index contributed by atoms with van der Waals surface area (Å²) in [6.45, 7) is 5.27. The smallest absolute Gasteiger partial charge is 0.379 e. The van der Waals surface area contributed by atoms with Crippen molar-refractivity contribution in [2.24, 2.45) is 11.7 Å². The fraction of sp³-hybridized carbons (Fsp3) is 1.00. The van der Waals surface area contributed by atoms with E-state index in [9.17, 15) is 0 Å². The SMILES string of the molecule is CCC(C)CCN.CO[SiH](OC)OC. The van der Waals surface area contributed by atoms with E-state index in [2.05, 4.69) is 13.8 Å². The standard InChI is InChI=1S/C6H15N.C3H10O3Si/c1-3-6(2)4-5-7;1-4-7(5-2)6-3/h6H,3-5,7H2,1-2H3;7H,1-3H3. The predicted octanol–water partition coefficient (Wildman–Crippen LogP) is 1.02. The highest BCUT2D eigenvalue weighted by Gasteiger charge is 2.04. The van der Waals surface area contributed by atoms with Gasteiger partial charge in [-0.1, -0.05) is 20.3 Å². The Morgan fingerprint density at radius 1 is 1.14 bits per heavy atom. The van der Waals surface area contributed by atoms with E-state index < -0.39 is 9.53 Å². The van der Waals surface area contributed by atoms with Crippen LogP contribution in [0.4, 0.5) is 0 Å². The molecule has 14 heavy (non-hydrogen) atoms. The quantitative estimate of drug-likeness (QED) is 0.683. The van der Waals surface area contributed by atoms with Crippen molar-refractivity contribution < 1.29 is 13.3 Å². The van der Waals surface area contributed by atoms with Crippen LogP contribution in [-0.4, -0.2) is 37.4 Å². The first-order valence-electron chi connectivity index (χ1n) is 4.94.